The third kappa shape index (κ3) is 7.90. The Hall–Kier alpha value is -2.81. The fourth-order valence-electron chi connectivity index (χ4n) is 3.92. The topological polar surface area (TPSA) is 101 Å². The maximum absolute atomic E-state index is 9.00. The fraction of sp³-hybridized carbons (Fsp3) is 0.583. The lowest BCUT2D eigenvalue weighted by atomic mass is 9.96. The van der Waals surface area contributed by atoms with E-state index in [2.05, 4.69) is 31.7 Å². The van der Waals surface area contributed by atoms with Crippen molar-refractivity contribution < 1.29 is 19.4 Å². The van der Waals surface area contributed by atoms with E-state index in [4.69, 9.17) is 31.0 Å². The Morgan fingerprint density at radius 2 is 1.71 bits per heavy atom. The molecule has 0 amide bonds. The zero-order chi connectivity index (χ0) is 25.1. The molecule has 2 saturated heterocycles. The Kier molecular flexibility index (Phi) is 11.1. The number of anilines is 2. The second-order valence-electron chi connectivity index (χ2n) is 7.97. The lowest BCUT2D eigenvalue weighted by Gasteiger charge is -2.38. The minimum atomic E-state index is -0.833. The van der Waals surface area contributed by atoms with Gasteiger partial charge in [-0.1, -0.05) is 32.4 Å². The van der Waals surface area contributed by atoms with Crippen LogP contribution in [0.15, 0.2) is 24.7 Å². The number of carbonyl (C=O) groups is 1. The summed E-state index contributed by atoms with van der Waals surface area (Å²) in [7, 11) is 1.61. The summed E-state index contributed by atoms with van der Waals surface area (Å²) in [5.74, 6) is 1.59. The number of pyridine rings is 1. The minimum absolute atomic E-state index is 0.102. The highest BCUT2D eigenvalue weighted by Gasteiger charge is 2.29. The van der Waals surface area contributed by atoms with Crippen LogP contribution in [0.3, 0.4) is 0 Å². The molecule has 1 N–H and O–H groups in total. The van der Waals surface area contributed by atoms with Crippen molar-refractivity contribution in [1.29, 1.82) is 0 Å². The molecule has 34 heavy (non-hydrogen) atoms. The summed E-state index contributed by atoms with van der Waals surface area (Å²) < 4.78 is 11.4. The molecule has 10 heteroatoms. The van der Waals surface area contributed by atoms with E-state index in [1.54, 1.807) is 19.5 Å². The lowest BCUT2D eigenvalue weighted by molar-refractivity contribution is -0.134. The van der Waals surface area contributed by atoms with Crippen LogP contribution in [-0.2, 0) is 4.79 Å². The van der Waals surface area contributed by atoms with Gasteiger partial charge in [0.25, 0.3) is 5.97 Å². The van der Waals surface area contributed by atoms with Gasteiger partial charge in [0.1, 0.15) is 11.9 Å². The summed E-state index contributed by atoms with van der Waals surface area (Å²) in [5.41, 5.74) is 0.952. The molecule has 4 rings (SSSR count). The van der Waals surface area contributed by atoms with Crippen LogP contribution in [0.2, 0.25) is 5.02 Å². The fourth-order valence-corrected chi connectivity index (χ4v) is 4.14. The third-order valence-electron chi connectivity index (χ3n) is 5.50. The van der Waals surface area contributed by atoms with Crippen LogP contribution < -0.4 is 19.3 Å². The number of halogens is 1. The molecule has 2 aliphatic heterocycles. The molecule has 0 bridgehead atoms. The highest BCUT2D eigenvalue weighted by atomic mass is 35.5. The normalized spacial score (nSPS) is 19.4. The van der Waals surface area contributed by atoms with Crippen molar-refractivity contribution in [2.75, 3.05) is 43.1 Å². The molecular weight excluding hydrogens is 458 g/mol. The number of aliphatic carboxylic acids is 1. The molecule has 2 aliphatic rings. The molecule has 0 aromatic carbocycles. The van der Waals surface area contributed by atoms with E-state index in [1.165, 1.54) is 12.8 Å². The average molecular weight is 494 g/mol. The second kappa shape index (κ2) is 13.8. The molecule has 0 radical (unpaired) electrons. The summed E-state index contributed by atoms with van der Waals surface area (Å²) in [4.78, 5) is 26.7. The zero-order valence-corrected chi connectivity index (χ0v) is 21.5. The van der Waals surface area contributed by atoms with Crippen LogP contribution >= 0.6 is 11.6 Å². The first-order valence-corrected chi connectivity index (χ1v) is 12.1. The molecule has 2 fully saturated rings. The van der Waals surface area contributed by atoms with Gasteiger partial charge in [-0.3, -0.25) is 4.79 Å². The van der Waals surface area contributed by atoms with E-state index in [0.717, 1.165) is 51.0 Å². The van der Waals surface area contributed by atoms with Gasteiger partial charge in [0.15, 0.2) is 0 Å². The second-order valence-corrected chi connectivity index (χ2v) is 8.38. The van der Waals surface area contributed by atoms with Crippen LogP contribution in [0, 0.1) is 5.92 Å². The van der Waals surface area contributed by atoms with Crippen molar-refractivity contribution in [2.45, 2.75) is 53.1 Å². The van der Waals surface area contributed by atoms with Crippen molar-refractivity contribution in [3.8, 4) is 11.8 Å². The van der Waals surface area contributed by atoms with Gasteiger partial charge < -0.3 is 24.4 Å². The molecule has 188 valence electrons. The molecule has 0 spiro atoms. The Morgan fingerprint density at radius 1 is 1.06 bits per heavy atom. The standard InChI is InChI=1S/C20H26ClN5O2.C2H4O2.C2H6/c1-14-13-26(16-9-19(27-2)23-10-15(16)21)8-5-17(14)28-20-12-22-18(11-24-20)25-6-3-4-7-25;1-2(3)4;1-2/h9-12,14,17H,3-8,13H2,1-2H3;1H3,(H,3,4);1-2H3/t14?,17-;;/m1../s1. The Labute approximate surface area is 207 Å². The summed E-state index contributed by atoms with van der Waals surface area (Å²) in [6, 6.07) is 1.89. The number of rotatable bonds is 5. The maximum atomic E-state index is 9.00. The molecule has 0 aliphatic carbocycles. The van der Waals surface area contributed by atoms with E-state index in [9.17, 15) is 0 Å². The van der Waals surface area contributed by atoms with Crippen LogP contribution in [0.25, 0.3) is 0 Å². The van der Waals surface area contributed by atoms with Gasteiger partial charge in [-0.25, -0.2) is 15.0 Å². The van der Waals surface area contributed by atoms with Gasteiger partial charge in [-0.2, -0.15) is 0 Å². The Bertz CT molecular complexity index is 889. The first-order valence-electron chi connectivity index (χ1n) is 11.7. The maximum Gasteiger partial charge on any atom is 0.300 e. The number of hydrogen-bond acceptors (Lipinski definition) is 8. The van der Waals surface area contributed by atoms with E-state index in [1.807, 2.05) is 26.1 Å². The van der Waals surface area contributed by atoms with Crippen molar-refractivity contribution in [1.82, 2.24) is 15.0 Å². The molecule has 2 aromatic rings. The Morgan fingerprint density at radius 3 is 2.26 bits per heavy atom. The van der Waals surface area contributed by atoms with Crippen LogP contribution in [0.4, 0.5) is 11.5 Å². The van der Waals surface area contributed by atoms with Crippen molar-refractivity contribution in [3.63, 3.8) is 0 Å². The van der Waals surface area contributed by atoms with Crippen molar-refractivity contribution >= 4 is 29.1 Å². The van der Waals surface area contributed by atoms with Gasteiger partial charge in [0.05, 0.1) is 36.4 Å². The van der Waals surface area contributed by atoms with Gasteiger partial charge >= 0.3 is 0 Å². The van der Waals surface area contributed by atoms with Crippen molar-refractivity contribution in [3.05, 3.63) is 29.7 Å². The lowest BCUT2D eigenvalue weighted by Crippen LogP contribution is -2.44. The molecule has 0 saturated carbocycles. The smallest absolute Gasteiger partial charge is 0.300 e. The van der Waals surface area contributed by atoms with Crippen LogP contribution in [-0.4, -0.2) is 65.4 Å². The zero-order valence-electron chi connectivity index (χ0n) is 20.7. The van der Waals surface area contributed by atoms with Gasteiger partial charge in [0.2, 0.25) is 11.8 Å². The number of hydrogen-bond donors (Lipinski definition) is 1. The summed E-state index contributed by atoms with van der Waals surface area (Å²) in [5, 5.41) is 8.05. The molecule has 4 heterocycles. The highest BCUT2D eigenvalue weighted by Crippen LogP contribution is 2.32. The monoisotopic (exact) mass is 493 g/mol. The first-order chi connectivity index (χ1) is 16.4. The molecular formula is C24H36ClN5O4. The number of carboxylic acid groups (broad SMARTS) is 1. The van der Waals surface area contributed by atoms with Gasteiger partial charge in [-0.15, -0.1) is 0 Å². The predicted molar refractivity (Wildman–Crippen MR) is 134 cm³/mol. The Balaban J connectivity index is 0.000000618. The largest absolute Gasteiger partial charge is 0.481 e. The van der Waals surface area contributed by atoms with E-state index in [0.29, 0.717) is 22.7 Å². The number of methoxy groups -OCH3 is 1. The SMILES string of the molecule is CC.CC(=O)O.COc1cc(N2CC[C@@H](Oc3cnc(N4CCCC4)cn3)C(C)C2)c(Cl)cn1. The quantitative estimate of drug-likeness (QED) is 0.642. The number of ether oxygens (including phenoxy) is 2. The number of carboxylic acids is 1. The van der Waals surface area contributed by atoms with E-state index < -0.39 is 5.97 Å². The summed E-state index contributed by atoms with van der Waals surface area (Å²) in [6.07, 6.45) is 8.65. The average Bonchev–Trinajstić information content (AvgIpc) is 3.37. The number of piperidine rings is 1. The highest BCUT2D eigenvalue weighted by molar-refractivity contribution is 6.33. The first kappa shape index (κ1) is 27.4. The predicted octanol–water partition coefficient (Wildman–Crippen LogP) is 4.54. The van der Waals surface area contributed by atoms with Crippen LogP contribution in [0.5, 0.6) is 11.8 Å². The van der Waals surface area contributed by atoms with Gasteiger partial charge in [-0.05, 0) is 12.8 Å². The van der Waals surface area contributed by atoms with E-state index in [-0.39, 0.29) is 6.10 Å². The minimum Gasteiger partial charge on any atom is -0.481 e. The summed E-state index contributed by atoms with van der Waals surface area (Å²) in [6.45, 7) is 11.1. The molecule has 1 unspecified atom stereocenters. The number of aromatic nitrogens is 3. The number of nitrogens with zero attached hydrogens (tertiary/aromatic N) is 5. The van der Waals surface area contributed by atoms with Gasteiger partial charge in [0, 0.05) is 51.5 Å². The molecule has 2 atom stereocenters. The molecule has 2 aromatic heterocycles. The summed E-state index contributed by atoms with van der Waals surface area (Å²) >= 11 is 6.36. The van der Waals surface area contributed by atoms with Crippen molar-refractivity contribution in [2.24, 2.45) is 5.92 Å². The third-order valence-corrected chi connectivity index (χ3v) is 5.79. The van der Waals surface area contributed by atoms with Crippen LogP contribution in [0.1, 0.15) is 47.0 Å². The van der Waals surface area contributed by atoms with E-state index >= 15 is 0 Å². The molecule has 9 nitrogen and oxygen atoms in total.